The van der Waals surface area contributed by atoms with Crippen LogP contribution in [0.2, 0.25) is 0 Å². The third kappa shape index (κ3) is 4.60. The van der Waals surface area contributed by atoms with Crippen LogP contribution in [-0.4, -0.2) is 16.1 Å². The minimum atomic E-state index is -4.76. The van der Waals surface area contributed by atoms with E-state index in [0.29, 0.717) is 36.7 Å². The lowest BCUT2D eigenvalue weighted by atomic mass is 10.0. The standard InChI is InChI=1S/C23H13F3IN3O2/c24-23(25,26)32-18-8-5-14(6-9-18)15-7-10-19-20(11-15)22(31)30(29-21(19)27)13-17-4-2-1-3-16(17)12-28/h1-11H,13H2. The first-order valence-corrected chi connectivity index (χ1v) is 10.4. The van der Waals surface area contributed by atoms with Crippen molar-refractivity contribution in [3.8, 4) is 22.9 Å². The van der Waals surface area contributed by atoms with Gasteiger partial charge in [-0.25, -0.2) is 4.68 Å². The van der Waals surface area contributed by atoms with E-state index in [9.17, 15) is 23.2 Å². The third-order valence-electron chi connectivity index (χ3n) is 4.79. The van der Waals surface area contributed by atoms with Crippen LogP contribution in [-0.2, 0) is 6.54 Å². The highest BCUT2D eigenvalue weighted by molar-refractivity contribution is 14.1. The van der Waals surface area contributed by atoms with Gasteiger partial charge in [-0.3, -0.25) is 4.79 Å². The number of aromatic nitrogens is 2. The van der Waals surface area contributed by atoms with E-state index in [1.165, 1.54) is 28.9 Å². The Labute approximate surface area is 193 Å². The first-order chi connectivity index (χ1) is 15.2. The van der Waals surface area contributed by atoms with Gasteiger partial charge in [0.2, 0.25) is 0 Å². The number of ether oxygens (including phenoxy) is 1. The Morgan fingerprint density at radius 2 is 1.69 bits per heavy atom. The number of halogens is 4. The Morgan fingerprint density at radius 1 is 1.00 bits per heavy atom. The van der Waals surface area contributed by atoms with Gasteiger partial charge in [-0.15, -0.1) is 13.2 Å². The monoisotopic (exact) mass is 547 g/mol. The molecular weight excluding hydrogens is 534 g/mol. The number of benzene rings is 3. The van der Waals surface area contributed by atoms with Gasteiger partial charge in [-0.1, -0.05) is 42.5 Å². The SMILES string of the molecule is N#Cc1ccccc1Cn1nc(I)c2ccc(-c3ccc(OC(F)(F)F)cc3)cc2c1=O. The van der Waals surface area contributed by atoms with Crippen molar-refractivity contribution in [1.29, 1.82) is 5.26 Å². The van der Waals surface area contributed by atoms with Gasteiger partial charge in [0, 0.05) is 5.39 Å². The fourth-order valence-corrected chi connectivity index (χ4v) is 4.04. The molecule has 0 aliphatic heterocycles. The lowest BCUT2D eigenvalue weighted by Gasteiger charge is -2.11. The van der Waals surface area contributed by atoms with Crippen molar-refractivity contribution in [3.63, 3.8) is 0 Å². The van der Waals surface area contributed by atoms with E-state index < -0.39 is 6.36 Å². The van der Waals surface area contributed by atoms with Crippen molar-refractivity contribution in [3.05, 3.63) is 91.9 Å². The minimum absolute atomic E-state index is 0.141. The number of fused-ring (bicyclic) bond motifs is 1. The second kappa shape index (κ2) is 8.63. The molecule has 0 amide bonds. The van der Waals surface area contributed by atoms with Crippen molar-refractivity contribution < 1.29 is 17.9 Å². The van der Waals surface area contributed by atoms with E-state index >= 15 is 0 Å². The quantitative estimate of drug-likeness (QED) is 0.317. The summed E-state index contributed by atoms with van der Waals surface area (Å²) in [6.07, 6.45) is -4.76. The number of rotatable bonds is 4. The third-order valence-corrected chi connectivity index (χ3v) is 5.59. The van der Waals surface area contributed by atoms with Crippen LogP contribution in [0.3, 0.4) is 0 Å². The van der Waals surface area contributed by atoms with E-state index in [0.717, 1.165) is 0 Å². The second-order valence-electron chi connectivity index (χ2n) is 6.86. The molecule has 0 saturated heterocycles. The fraction of sp³-hybridized carbons (Fsp3) is 0.0870. The molecule has 0 spiro atoms. The summed E-state index contributed by atoms with van der Waals surface area (Å²) in [7, 11) is 0. The normalized spacial score (nSPS) is 11.3. The van der Waals surface area contributed by atoms with Crippen LogP contribution in [0.25, 0.3) is 21.9 Å². The zero-order chi connectivity index (χ0) is 22.9. The van der Waals surface area contributed by atoms with Crippen molar-refractivity contribution in [2.45, 2.75) is 12.9 Å². The molecule has 32 heavy (non-hydrogen) atoms. The van der Waals surface area contributed by atoms with E-state index in [4.69, 9.17) is 0 Å². The Bertz CT molecular complexity index is 1410. The molecule has 3 aromatic carbocycles. The number of hydrogen-bond acceptors (Lipinski definition) is 4. The molecule has 0 saturated carbocycles. The maximum atomic E-state index is 13.1. The topological polar surface area (TPSA) is 67.9 Å². The van der Waals surface area contributed by atoms with E-state index in [-0.39, 0.29) is 17.9 Å². The van der Waals surface area contributed by atoms with Crippen LogP contribution in [0.5, 0.6) is 5.75 Å². The smallest absolute Gasteiger partial charge is 0.406 e. The van der Waals surface area contributed by atoms with E-state index in [1.807, 2.05) is 22.6 Å². The van der Waals surface area contributed by atoms with Gasteiger partial charge in [-0.2, -0.15) is 10.4 Å². The molecule has 0 radical (unpaired) electrons. The van der Waals surface area contributed by atoms with Crippen LogP contribution in [0.1, 0.15) is 11.1 Å². The molecule has 160 valence electrons. The van der Waals surface area contributed by atoms with Gasteiger partial charge in [0.05, 0.1) is 23.6 Å². The predicted molar refractivity (Wildman–Crippen MR) is 121 cm³/mol. The summed E-state index contributed by atoms with van der Waals surface area (Å²) >= 11 is 2.05. The van der Waals surface area contributed by atoms with Gasteiger partial charge < -0.3 is 4.74 Å². The molecule has 0 aliphatic rings. The van der Waals surface area contributed by atoms with Gasteiger partial charge in [-0.05, 0) is 63.5 Å². The highest BCUT2D eigenvalue weighted by atomic mass is 127. The lowest BCUT2D eigenvalue weighted by Crippen LogP contribution is -2.25. The molecule has 0 fully saturated rings. The van der Waals surface area contributed by atoms with Crippen LogP contribution in [0.4, 0.5) is 13.2 Å². The van der Waals surface area contributed by atoms with E-state index in [1.54, 1.807) is 42.5 Å². The van der Waals surface area contributed by atoms with Crippen LogP contribution < -0.4 is 10.3 Å². The summed E-state index contributed by atoms with van der Waals surface area (Å²) in [6.45, 7) is 0.141. The number of alkyl halides is 3. The zero-order valence-corrected chi connectivity index (χ0v) is 18.4. The predicted octanol–water partition coefficient (Wildman–Crippen LogP) is 5.49. The summed E-state index contributed by atoms with van der Waals surface area (Å²) in [5, 5.41) is 14.8. The Morgan fingerprint density at radius 3 is 2.38 bits per heavy atom. The molecule has 1 aromatic heterocycles. The number of nitriles is 1. The van der Waals surface area contributed by atoms with Crippen LogP contribution in [0.15, 0.2) is 71.5 Å². The molecule has 1 heterocycles. The lowest BCUT2D eigenvalue weighted by molar-refractivity contribution is -0.274. The summed E-state index contributed by atoms with van der Waals surface area (Å²) in [4.78, 5) is 13.1. The minimum Gasteiger partial charge on any atom is -0.406 e. The molecular formula is C23H13F3IN3O2. The van der Waals surface area contributed by atoms with Crippen molar-refractivity contribution in [2.24, 2.45) is 0 Å². The molecule has 0 aliphatic carbocycles. The van der Waals surface area contributed by atoms with Crippen LogP contribution >= 0.6 is 22.6 Å². The van der Waals surface area contributed by atoms with Gasteiger partial charge in [0.15, 0.2) is 0 Å². The maximum absolute atomic E-state index is 13.1. The maximum Gasteiger partial charge on any atom is 0.573 e. The highest BCUT2D eigenvalue weighted by Gasteiger charge is 2.31. The molecule has 0 N–H and O–H groups in total. The summed E-state index contributed by atoms with van der Waals surface area (Å²) in [5.41, 5.74) is 2.11. The summed E-state index contributed by atoms with van der Waals surface area (Å²) in [5.74, 6) is -0.320. The molecule has 5 nitrogen and oxygen atoms in total. The highest BCUT2D eigenvalue weighted by Crippen LogP contribution is 2.28. The van der Waals surface area contributed by atoms with E-state index in [2.05, 4.69) is 15.9 Å². The summed E-state index contributed by atoms with van der Waals surface area (Å²) in [6, 6.07) is 19.8. The average molecular weight is 547 g/mol. The van der Waals surface area contributed by atoms with Gasteiger partial charge in [0.1, 0.15) is 9.45 Å². The van der Waals surface area contributed by atoms with Gasteiger partial charge in [0.25, 0.3) is 5.56 Å². The molecule has 0 atom stereocenters. The first-order valence-electron chi connectivity index (χ1n) is 9.30. The number of nitrogens with zero attached hydrogens (tertiary/aromatic N) is 3. The molecule has 9 heteroatoms. The average Bonchev–Trinajstić information content (AvgIpc) is 2.77. The molecule has 0 bridgehead atoms. The summed E-state index contributed by atoms with van der Waals surface area (Å²) < 4.78 is 43.0. The van der Waals surface area contributed by atoms with Crippen molar-refractivity contribution >= 4 is 33.4 Å². The Hall–Kier alpha value is -3.39. The largest absolute Gasteiger partial charge is 0.573 e. The first kappa shape index (κ1) is 21.8. The molecule has 4 rings (SSSR count). The van der Waals surface area contributed by atoms with Crippen LogP contribution in [0, 0.1) is 15.0 Å². The Balaban J connectivity index is 1.74. The molecule has 0 unspecified atom stereocenters. The Kier molecular flexibility index (Phi) is 5.88. The number of hydrogen-bond donors (Lipinski definition) is 0. The van der Waals surface area contributed by atoms with Gasteiger partial charge >= 0.3 is 6.36 Å². The fourth-order valence-electron chi connectivity index (χ4n) is 3.31. The molecule has 4 aromatic rings. The van der Waals surface area contributed by atoms with Crippen molar-refractivity contribution in [2.75, 3.05) is 0 Å². The van der Waals surface area contributed by atoms with Crippen molar-refractivity contribution in [1.82, 2.24) is 9.78 Å². The zero-order valence-electron chi connectivity index (χ0n) is 16.2. The second-order valence-corrected chi connectivity index (χ2v) is 7.88.